The molecule has 0 saturated carbocycles. The van der Waals surface area contributed by atoms with Crippen LogP contribution < -0.4 is 9.47 Å². The van der Waals surface area contributed by atoms with Gasteiger partial charge in [0.1, 0.15) is 11.9 Å². The average molecular weight is 341 g/mol. The first-order valence-electron chi connectivity index (χ1n) is 6.28. The van der Waals surface area contributed by atoms with Crippen molar-refractivity contribution in [2.75, 3.05) is 14.2 Å². The number of hydrogen-bond donors (Lipinski definition) is 1. The molecule has 1 N–H and O–H groups in total. The van der Waals surface area contributed by atoms with Gasteiger partial charge in [0.25, 0.3) is 0 Å². The van der Waals surface area contributed by atoms with Gasteiger partial charge in [-0.1, -0.05) is 22.9 Å². The van der Waals surface area contributed by atoms with Gasteiger partial charge in [0, 0.05) is 22.0 Å². The summed E-state index contributed by atoms with van der Waals surface area (Å²) in [6.07, 6.45) is 1.54. The molecule has 2 rings (SSSR count). The van der Waals surface area contributed by atoms with Gasteiger partial charge in [0.15, 0.2) is 11.5 Å². The predicted octanol–water partition coefficient (Wildman–Crippen LogP) is 3.70. The molecule has 108 valence electrons. The van der Waals surface area contributed by atoms with Gasteiger partial charge in [-0.15, -0.1) is 0 Å². The van der Waals surface area contributed by atoms with E-state index in [0.717, 1.165) is 22.2 Å². The molecule has 0 spiro atoms. The highest BCUT2D eigenvalue weighted by molar-refractivity contribution is 9.10. The third kappa shape index (κ3) is 2.69. The van der Waals surface area contributed by atoms with Crippen molar-refractivity contribution in [2.45, 2.75) is 19.4 Å². The van der Waals surface area contributed by atoms with E-state index in [9.17, 15) is 5.11 Å². The number of benzene rings is 1. The summed E-state index contributed by atoms with van der Waals surface area (Å²) in [5.74, 6) is 1.96. The molecule has 5 heteroatoms. The third-order valence-electron chi connectivity index (χ3n) is 3.19. The molecule has 0 aliphatic rings. The molecule has 1 aromatic carbocycles. The van der Waals surface area contributed by atoms with Crippen molar-refractivity contribution in [3.63, 3.8) is 0 Å². The molecule has 0 radical (unpaired) electrons. The largest absolute Gasteiger partial charge is 0.493 e. The highest BCUT2D eigenvalue weighted by atomic mass is 79.9. The number of hydrogen-bond acceptors (Lipinski definition) is 4. The second-order valence-electron chi connectivity index (χ2n) is 4.28. The van der Waals surface area contributed by atoms with E-state index in [-0.39, 0.29) is 0 Å². The summed E-state index contributed by atoms with van der Waals surface area (Å²) in [6, 6.07) is 5.33. The Morgan fingerprint density at radius 2 is 1.85 bits per heavy atom. The van der Waals surface area contributed by atoms with Crippen molar-refractivity contribution < 1.29 is 19.0 Å². The first-order chi connectivity index (χ1) is 9.62. The zero-order valence-corrected chi connectivity index (χ0v) is 13.2. The van der Waals surface area contributed by atoms with E-state index in [4.69, 9.17) is 13.9 Å². The zero-order valence-electron chi connectivity index (χ0n) is 11.6. The van der Waals surface area contributed by atoms with E-state index in [1.165, 1.54) is 0 Å². The molecule has 1 heterocycles. The molecule has 1 atom stereocenters. The first-order valence-corrected chi connectivity index (χ1v) is 7.07. The topological polar surface area (TPSA) is 51.8 Å². The lowest BCUT2D eigenvalue weighted by Crippen LogP contribution is -2.03. The van der Waals surface area contributed by atoms with Crippen LogP contribution in [0.25, 0.3) is 0 Å². The maximum atomic E-state index is 10.6. The summed E-state index contributed by atoms with van der Waals surface area (Å²) in [4.78, 5) is 0. The summed E-state index contributed by atoms with van der Waals surface area (Å²) in [7, 11) is 3.14. The summed E-state index contributed by atoms with van der Waals surface area (Å²) < 4.78 is 16.6. The summed E-state index contributed by atoms with van der Waals surface area (Å²) in [5.41, 5.74) is 1.47. The van der Waals surface area contributed by atoms with Crippen molar-refractivity contribution in [1.82, 2.24) is 0 Å². The highest BCUT2D eigenvalue weighted by Crippen LogP contribution is 2.38. The molecule has 0 saturated heterocycles. The molecule has 0 fully saturated rings. The zero-order chi connectivity index (χ0) is 14.7. The molecule has 1 aromatic heterocycles. The molecule has 4 nitrogen and oxygen atoms in total. The minimum Gasteiger partial charge on any atom is -0.493 e. The standard InChI is InChI=1S/C15H17BrO4/c1-4-12-9(5-6-20-12)15(17)10-7-13(18-2)14(19-3)8-11(10)16/h5-8,15,17H,4H2,1-3H3. The quantitative estimate of drug-likeness (QED) is 0.901. The van der Waals surface area contributed by atoms with E-state index in [0.29, 0.717) is 17.1 Å². The van der Waals surface area contributed by atoms with Crippen LogP contribution in [0.2, 0.25) is 0 Å². The van der Waals surface area contributed by atoms with Crippen LogP contribution in [-0.2, 0) is 6.42 Å². The van der Waals surface area contributed by atoms with Crippen molar-refractivity contribution in [3.05, 3.63) is 45.8 Å². The second kappa shape index (κ2) is 6.33. The minimum atomic E-state index is -0.780. The van der Waals surface area contributed by atoms with E-state index in [1.54, 1.807) is 38.7 Å². The predicted molar refractivity (Wildman–Crippen MR) is 79.4 cm³/mol. The first kappa shape index (κ1) is 14.9. The molecular weight excluding hydrogens is 324 g/mol. The Morgan fingerprint density at radius 1 is 1.20 bits per heavy atom. The fraction of sp³-hybridized carbons (Fsp3) is 0.333. The summed E-state index contributed by atoms with van der Waals surface area (Å²) in [5, 5.41) is 10.6. The van der Waals surface area contributed by atoms with Gasteiger partial charge in [-0.3, -0.25) is 0 Å². The Balaban J connectivity index is 2.46. The van der Waals surface area contributed by atoms with E-state index in [1.807, 2.05) is 6.92 Å². The fourth-order valence-electron chi connectivity index (χ4n) is 2.13. The average Bonchev–Trinajstić information content (AvgIpc) is 2.94. The van der Waals surface area contributed by atoms with E-state index in [2.05, 4.69) is 15.9 Å². The van der Waals surface area contributed by atoms with Crippen molar-refractivity contribution in [2.24, 2.45) is 0 Å². The number of halogens is 1. The molecular formula is C15H17BrO4. The number of aliphatic hydroxyl groups is 1. The van der Waals surface area contributed by atoms with Gasteiger partial charge in [-0.2, -0.15) is 0 Å². The SMILES string of the molecule is CCc1occc1C(O)c1cc(OC)c(OC)cc1Br. The molecule has 1 unspecified atom stereocenters. The lowest BCUT2D eigenvalue weighted by atomic mass is 10.0. The molecule has 0 aliphatic heterocycles. The smallest absolute Gasteiger partial charge is 0.161 e. The Hall–Kier alpha value is -1.46. The third-order valence-corrected chi connectivity index (χ3v) is 3.88. The number of methoxy groups -OCH3 is 2. The van der Waals surface area contributed by atoms with Crippen molar-refractivity contribution in [3.8, 4) is 11.5 Å². The second-order valence-corrected chi connectivity index (χ2v) is 5.14. The van der Waals surface area contributed by atoms with E-state index < -0.39 is 6.10 Å². The number of rotatable bonds is 5. The maximum Gasteiger partial charge on any atom is 0.161 e. The number of furan rings is 1. The van der Waals surface area contributed by atoms with Crippen LogP contribution in [0.5, 0.6) is 11.5 Å². The normalized spacial score (nSPS) is 12.2. The van der Waals surface area contributed by atoms with Crippen LogP contribution in [0.1, 0.15) is 29.9 Å². The lowest BCUT2D eigenvalue weighted by Gasteiger charge is -2.16. The van der Waals surface area contributed by atoms with Crippen LogP contribution in [0.4, 0.5) is 0 Å². The van der Waals surface area contributed by atoms with Gasteiger partial charge in [-0.05, 0) is 18.2 Å². The lowest BCUT2D eigenvalue weighted by molar-refractivity contribution is 0.215. The molecule has 0 aliphatic carbocycles. The minimum absolute atomic E-state index is 0.575. The Bertz CT molecular complexity index is 592. The number of ether oxygens (including phenoxy) is 2. The maximum absolute atomic E-state index is 10.6. The fourth-order valence-corrected chi connectivity index (χ4v) is 2.67. The molecule has 0 bridgehead atoms. The van der Waals surface area contributed by atoms with Crippen molar-refractivity contribution >= 4 is 15.9 Å². The van der Waals surface area contributed by atoms with Crippen LogP contribution in [0, 0.1) is 0 Å². The van der Waals surface area contributed by atoms with Crippen LogP contribution in [-0.4, -0.2) is 19.3 Å². The van der Waals surface area contributed by atoms with Crippen LogP contribution in [0.3, 0.4) is 0 Å². The van der Waals surface area contributed by atoms with Gasteiger partial charge in [0.2, 0.25) is 0 Å². The van der Waals surface area contributed by atoms with Gasteiger partial charge in [0.05, 0.1) is 20.5 Å². The van der Waals surface area contributed by atoms with Gasteiger partial charge in [-0.25, -0.2) is 0 Å². The Morgan fingerprint density at radius 3 is 2.45 bits per heavy atom. The molecule has 0 amide bonds. The summed E-state index contributed by atoms with van der Waals surface area (Å²) >= 11 is 3.46. The van der Waals surface area contributed by atoms with Gasteiger partial charge >= 0.3 is 0 Å². The van der Waals surface area contributed by atoms with E-state index >= 15 is 0 Å². The Labute approximate surface area is 126 Å². The Kier molecular flexibility index (Phi) is 4.73. The number of aryl methyl sites for hydroxylation is 1. The van der Waals surface area contributed by atoms with Crippen LogP contribution >= 0.6 is 15.9 Å². The van der Waals surface area contributed by atoms with Crippen molar-refractivity contribution in [1.29, 1.82) is 0 Å². The summed E-state index contributed by atoms with van der Waals surface area (Å²) in [6.45, 7) is 1.98. The van der Waals surface area contributed by atoms with Crippen LogP contribution in [0.15, 0.2) is 33.4 Å². The highest BCUT2D eigenvalue weighted by Gasteiger charge is 2.21. The number of aliphatic hydroxyl groups excluding tert-OH is 1. The molecule has 20 heavy (non-hydrogen) atoms. The molecule has 2 aromatic rings. The monoisotopic (exact) mass is 340 g/mol. The van der Waals surface area contributed by atoms with Gasteiger partial charge < -0.3 is 19.0 Å².